The van der Waals surface area contributed by atoms with Crippen LogP contribution in [0.15, 0.2) is 28.8 Å². The Morgan fingerprint density at radius 1 is 1.25 bits per heavy atom. The second-order valence-corrected chi connectivity index (χ2v) is 4.86. The van der Waals surface area contributed by atoms with Crippen LogP contribution in [0.3, 0.4) is 0 Å². The minimum atomic E-state index is 0.160. The lowest BCUT2D eigenvalue weighted by atomic mass is 10.2. The first-order valence-electron chi connectivity index (χ1n) is 6.64. The van der Waals surface area contributed by atoms with Crippen molar-refractivity contribution in [2.45, 2.75) is 13.3 Å². The number of hydrogen-bond donors (Lipinski definition) is 1. The largest absolute Gasteiger partial charge is 0.395 e. The molecule has 6 heteroatoms. The molecule has 0 radical (unpaired) electrons. The van der Waals surface area contributed by atoms with E-state index in [0.717, 1.165) is 18.7 Å². The lowest BCUT2D eigenvalue weighted by Crippen LogP contribution is -2.28. The van der Waals surface area contributed by atoms with E-state index >= 15 is 0 Å². The molecule has 0 unspecified atom stereocenters. The van der Waals surface area contributed by atoms with Crippen molar-refractivity contribution in [2.24, 2.45) is 0 Å². The van der Waals surface area contributed by atoms with Crippen molar-refractivity contribution in [1.29, 1.82) is 0 Å². The summed E-state index contributed by atoms with van der Waals surface area (Å²) in [4.78, 5) is 6.50. The van der Waals surface area contributed by atoms with Crippen molar-refractivity contribution < 1.29 is 9.63 Å². The number of likely N-dealkylation sites (N-methyl/N-ethyl adjacent to an activating group) is 1. The molecule has 0 atom stereocenters. The molecule has 1 aromatic heterocycles. The predicted molar refractivity (Wildman–Crippen MR) is 77.6 cm³/mol. The Morgan fingerprint density at radius 2 is 2.00 bits per heavy atom. The number of benzene rings is 1. The lowest BCUT2D eigenvalue weighted by Gasteiger charge is -2.17. The summed E-state index contributed by atoms with van der Waals surface area (Å²) in [6, 6.07) is 7.32. The zero-order valence-corrected chi connectivity index (χ0v) is 12.2. The molecular weight excluding hydrogens is 278 g/mol. The van der Waals surface area contributed by atoms with Gasteiger partial charge >= 0.3 is 0 Å². The van der Waals surface area contributed by atoms with Crippen LogP contribution in [0.1, 0.15) is 12.8 Å². The van der Waals surface area contributed by atoms with Crippen molar-refractivity contribution in [2.75, 3.05) is 26.2 Å². The van der Waals surface area contributed by atoms with Gasteiger partial charge in [-0.3, -0.25) is 0 Å². The molecule has 20 heavy (non-hydrogen) atoms. The van der Waals surface area contributed by atoms with Crippen molar-refractivity contribution in [1.82, 2.24) is 15.0 Å². The van der Waals surface area contributed by atoms with Crippen LogP contribution in [0.5, 0.6) is 0 Å². The first-order chi connectivity index (χ1) is 9.72. The van der Waals surface area contributed by atoms with Crippen LogP contribution in [0.2, 0.25) is 5.02 Å². The fraction of sp³-hybridized carbons (Fsp3) is 0.429. The summed E-state index contributed by atoms with van der Waals surface area (Å²) < 4.78 is 5.24. The predicted octanol–water partition coefficient (Wildman–Crippen LogP) is 2.25. The van der Waals surface area contributed by atoms with E-state index in [4.69, 9.17) is 21.2 Å². The first-order valence-corrected chi connectivity index (χ1v) is 7.02. The zero-order chi connectivity index (χ0) is 14.4. The molecule has 0 aliphatic heterocycles. The second-order valence-electron chi connectivity index (χ2n) is 4.43. The summed E-state index contributed by atoms with van der Waals surface area (Å²) in [5.41, 5.74) is 0.882. The molecule has 2 aromatic rings. The number of nitrogens with zero attached hydrogens (tertiary/aromatic N) is 3. The molecule has 0 saturated carbocycles. The Morgan fingerprint density at radius 3 is 2.65 bits per heavy atom. The van der Waals surface area contributed by atoms with E-state index in [1.54, 1.807) is 12.1 Å². The quantitative estimate of drug-likeness (QED) is 0.849. The number of hydrogen-bond acceptors (Lipinski definition) is 5. The van der Waals surface area contributed by atoms with Crippen molar-refractivity contribution in [3.05, 3.63) is 35.2 Å². The van der Waals surface area contributed by atoms with Gasteiger partial charge in [0.25, 0.3) is 0 Å². The third-order valence-electron chi connectivity index (χ3n) is 3.08. The van der Waals surface area contributed by atoms with E-state index < -0.39 is 0 Å². The van der Waals surface area contributed by atoms with Gasteiger partial charge in [0.05, 0.1) is 6.61 Å². The SMILES string of the molecule is CCN(CCO)CCc1nc(-c2ccc(Cl)cc2)no1. The van der Waals surface area contributed by atoms with E-state index in [1.807, 2.05) is 12.1 Å². The normalized spacial score (nSPS) is 11.2. The average molecular weight is 296 g/mol. The molecular formula is C14H18ClN3O2. The van der Waals surface area contributed by atoms with Gasteiger partial charge in [-0.15, -0.1) is 0 Å². The van der Waals surface area contributed by atoms with Gasteiger partial charge in [0.2, 0.25) is 11.7 Å². The number of aromatic nitrogens is 2. The molecule has 1 heterocycles. The summed E-state index contributed by atoms with van der Waals surface area (Å²) in [7, 11) is 0. The van der Waals surface area contributed by atoms with E-state index in [2.05, 4.69) is 22.0 Å². The molecule has 0 aliphatic carbocycles. The Labute approximate surface area is 123 Å². The lowest BCUT2D eigenvalue weighted by molar-refractivity contribution is 0.199. The summed E-state index contributed by atoms with van der Waals surface area (Å²) in [5, 5.41) is 13.6. The van der Waals surface area contributed by atoms with Gasteiger partial charge in [-0.1, -0.05) is 23.7 Å². The number of halogens is 1. The van der Waals surface area contributed by atoms with Gasteiger partial charge in [0.15, 0.2) is 0 Å². The van der Waals surface area contributed by atoms with Crippen molar-refractivity contribution in [3.63, 3.8) is 0 Å². The Balaban J connectivity index is 1.96. The Kier molecular flexibility index (Phi) is 5.52. The van der Waals surface area contributed by atoms with Crippen LogP contribution >= 0.6 is 11.6 Å². The third kappa shape index (κ3) is 4.03. The van der Waals surface area contributed by atoms with Crippen molar-refractivity contribution >= 4 is 11.6 Å². The maximum atomic E-state index is 8.94. The molecule has 0 spiro atoms. The summed E-state index contributed by atoms with van der Waals surface area (Å²) >= 11 is 5.84. The second kappa shape index (κ2) is 7.38. The van der Waals surface area contributed by atoms with E-state index in [1.165, 1.54) is 0 Å². The minimum absolute atomic E-state index is 0.160. The molecule has 2 rings (SSSR count). The highest BCUT2D eigenvalue weighted by Gasteiger charge is 2.10. The van der Waals surface area contributed by atoms with E-state index in [0.29, 0.717) is 29.7 Å². The smallest absolute Gasteiger partial charge is 0.228 e. The van der Waals surface area contributed by atoms with Crippen LogP contribution in [0.25, 0.3) is 11.4 Å². The molecule has 0 saturated heterocycles. The highest BCUT2D eigenvalue weighted by atomic mass is 35.5. The molecule has 0 bridgehead atoms. The highest BCUT2D eigenvalue weighted by Crippen LogP contribution is 2.18. The fourth-order valence-electron chi connectivity index (χ4n) is 1.90. The van der Waals surface area contributed by atoms with Gasteiger partial charge < -0.3 is 14.5 Å². The maximum Gasteiger partial charge on any atom is 0.228 e. The van der Waals surface area contributed by atoms with Crippen LogP contribution in [-0.4, -0.2) is 46.4 Å². The van der Waals surface area contributed by atoms with Gasteiger partial charge in [-0.05, 0) is 30.8 Å². The number of rotatable bonds is 7. The van der Waals surface area contributed by atoms with E-state index in [-0.39, 0.29) is 6.61 Å². The first kappa shape index (κ1) is 15.0. The fourth-order valence-corrected chi connectivity index (χ4v) is 2.02. The topological polar surface area (TPSA) is 62.4 Å². The zero-order valence-electron chi connectivity index (χ0n) is 11.4. The standard InChI is InChI=1S/C14H18ClN3O2/c1-2-18(9-10-19)8-7-13-16-14(17-20-13)11-3-5-12(15)6-4-11/h3-6,19H,2,7-10H2,1H3. The molecule has 0 aliphatic rings. The summed E-state index contributed by atoms with van der Waals surface area (Å²) in [5.74, 6) is 1.17. The number of aliphatic hydroxyl groups is 1. The van der Waals surface area contributed by atoms with Gasteiger partial charge in [-0.2, -0.15) is 4.98 Å². The average Bonchev–Trinajstić information content (AvgIpc) is 2.93. The summed E-state index contributed by atoms with van der Waals surface area (Å²) in [6.07, 6.45) is 0.675. The molecule has 0 amide bonds. The Hall–Kier alpha value is -1.43. The number of aliphatic hydroxyl groups excluding tert-OH is 1. The minimum Gasteiger partial charge on any atom is -0.395 e. The van der Waals surface area contributed by atoms with Crippen LogP contribution in [0, 0.1) is 0 Å². The molecule has 1 aromatic carbocycles. The Bertz CT molecular complexity index is 527. The van der Waals surface area contributed by atoms with E-state index in [9.17, 15) is 0 Å². The van der Waals surface area contributed by atoms with Crippen molar-refractivity contribution in [3.8, 4) is 11.4 Å². The third-order valence-corrected chi connectivity index (χ3v) is 3.33. The van der Waals surface area contributed by atoms with Crippen LogP contribution in [0.4, 0.5) is 0 Å². The van der Waals surface area contributed by atoms with Crippen LogP contribution in [-0.2, 0) is 6.42 Å². The molecule has 5 nitrogen and oxygen atoms in total. The highest BCUT2D eigenvalue weighted by molar-refractivity contribution is 6.30. The molecule has 1 N–H and O–H groups in total. The molecule has 0 fully saturated rings. The monoisotopic (exact) mass is 295 g/mol. The molecule has 108 valence electrons. The van der Waals surface area contributed by atoms with Crippen LogP contribution < -0.4 is 0 Å². The summed E-state index contributed by atoms with van der Waals surface area (Å²) in [6.45, 7) is 4.56. The maximum absolute atomic E-state index is 8.94. The van der Waals surface area contributed by atoms with Gasteiger partial charge in [0, 0.05) is 30.1 Å². The van der Waals surface area contributed by atoms with Gasteiger partial charge in [0.1, 0.15) is 0 Å². The van der Waals surface area contributed by atoms with Gasteiger partial charge in [-0.25, -0.2) is 0 Å².